The SMILES string of the molecule is CCCCC/C=C\C/C=C\CCCCCCCCCCCC(=O)OCCCCCCCCCCC/C=C\C/C=C\CCCCCCCCCCCCCC(=O)NC(CO)C(O)/C=C/CCCCCCCCCCCCCCCCCCC. The normalized spacial score (nSPS) is 12.9. The van der Waals surface area contributed by atoms with E-state index in [9.17, 15) is 19.8 Å². The average molecular weight is 1150 g/mol. The summed E-state index contributed by atoms with van der Waals surface area (Å²) in [5.74, 6) is -0.0622. The molecular formula is C76H141NO5. The van der Waals surface area contributed by atoms with E-state index in [4.69, 9.17) is 4.74 Å². The Hall–Kier alpha value is -2.44. The fourth-order valence-electron chi connectivity index (χ4n) is 11.2. The molecule has 1 amide bonds. The summed E-state index contributed by atoms with van der Waals surface area (Å²) >= 11 is 0. The van der Waals surface area contributed by atoms with Gasteiger partial charge in [-0.3, -0.25) is 9.59 Å². The van der Waals surface area contributed by atoms with Gasteiger partial charge in [0.05, 0.1) is 25.4 Å². The molecule has 0 aliphatic carbocycles. The standard InChI is InChI=1S/C76H141NO5/c1-3-5-7-9-11-13-15-17-19-21-32-36-40-44-48-52-56-60-64-68-74(79)73(72-78)77-75(80)69-65-61-57-53-49-45-41-37-34-30-28-26-24-23-25-27-29-31-35-39-43-47-51-55-59-63-67-71-82-76(81)70-66-62-58-54-50-46-42-38-33-22-20-18-16-14-12-10-8-6-4-2/h12,14,18,20,23-24,27,29,64,68,73-74,78-79H,3-11,13,15-17,19,21-22,25-26,28,30-63,65-67,69-72H2,1-2H3,(H,77,80)/b14-12-,20-18-,24-23-,29-27-,68-64+. The number of rotatable bonds is 68. The van der Waals surface area contributed by atoms with Gasteiger partial charge in [-0.25, -0.2) is 0 Å². The molecule has 0 saturated carbocycles. The van der Waals surface area contributed by atoms with Crippen LogP contribution < -0.4 is 5.32 Å². The maximum absolute atomic E-state index is 12.5. The van der Waals surface area contributed by atoms with Crippen molar-refractivity contribution in [2.45, 2.75) is 398 Å². The van der Waals surface area contributed by atoms with E-state index in [1.54, 1.807) is 6.08 Å². The molecule has 3 N–H and O–H groups in total. The van der Waals surface area contributed by atoms with E-state index < -0.39 is 12.1 Å². The number of nitrogens with one attached hydrogen (secondary N) is 1. The molecule has 6 heteroatoms. The molecule has 0 aromatic heterocycles. The second-order valence-corrected chi connectivity index (χ2v) is 24.9. The number of esters is 1. The lowest BCUT2D eigenvalue weighted by Crippen LogP contribution is -2.45. The van der Waals surface area contributed by atoms with E-state index >= 15 is 0 Å². The van der Waals surface area contributed by atoms with Gasteiger partial charge in [-0.05, 0) is 96.3 Å². The van der Waals surface area contributed by atoms with Crippen molar-refractivity contribution >= 4 is 11.9 Å². The second-order valence-electron chi connectivity index (χ2n) is 24.9. The zero-order chi connectivity index (χ0) is 59.2. The van der Waals surface area contributed by atoms with Crippen LogP contribution in [0.4, 0.5) is 0 Å². The van der Waals surface area contributed by atoms with Crippen LogP contribution in [-0.4, -0.2) is 47.4 Å². The van der Waals surface area contributed by atoms with E-state index in [1.807, 2.05) is 6.08 Å². The van der Waals surface area contributed by atoms with Crippen LogP contribution >= 0.6 is 0 Å². The number of amides is 1. The number of ether oxygens (including phenoxy) is 1. The van der Waals surface area contributed by atoms with Gasteiger partial charge >= 0.3 is 5.97 Å². The maximum atomic E-state index is 12.5. The zero-order valence-electron chi connectivity index (χ0n) is 55.0. The number of hydrogen-bond donors (Lipinski definition) is 3. The van der Waals surface area contributed by atoms with E-state index in [0.29, 0.717) is 19.4 Å². The largest absolute Gasteiger partial charge is 0.466 e. The first kappa shape index (κ1) is 79.6. The maximum Gasteiger partial charge on any atom is 0.305 e. The Morgan fingerprint density at radius 3 is 0.951 bits per heavy atom. The summed E-state index contributed by atoms with van der Waals surface area (Å²) in [5.41, 5.74) is 0. The predicted molar refractivity (Wildman–Crippen MR) is 361 cm³/mol. The number of allylic oxidation sites excluding steroid dienone is 9. The molecule has 0 radical (unpaired) electrons. The molecule has 0 aliphatic rings. The molecule has 0 aliphatic heterocycles. The molecule has 2 unspecified atom stereocenters. The number of aliphatic hydroxyl groups excluding tert-OH is 2. The topological polar surface area (TPSA) is 95.9 Å². The van der Waals surface area contributed by atoms with Crippen LogP contribution in [0.25, 0.3) is 0 Å². The Balaban J connectivity index is 3.44. The fraction of sp³-hybridized carbons (Fsp3) is 0.842. The Labute approximate surface area is 511 Å². The zero-order valence-corrected chi connectivity index (χ0v) is 55.0. The highest BCUT2D eigenvalue weighted by molar-refractivity contribution is 5.76. The third kappa shape index (κ3) is 66.7. The molecular weight excluding hydrogens is 1010 g/mol. The summed E-state index contributed by atoms with van der Waals surface area (Å²) in [5, 5.41) is 23.2. The van der Waals surface area contributed by atoms with Crippen molar-refractivity contribution in [2.24, 2.45) is 0 Å². The van der Waals surface area contributed by atoms with E-state index in [-0.39, 0.29) is 18.5 Å². The summed E-state index contributed by atoms with van der Waals surface area (Å²) in [6.45, 7) is 4.90. The van der Waals surface area contributed by atoms with Gasteiger partial charge < -0.3 is 20.3 Å². The monoisotopic (exact) mass is 1150 g/mol. The van der Waals surface area contributed by atoms with Crippen molar-refractivity contribution in [3.05, 3.63) is 60.8 Å². The van der Waals surface area contributed by atoms with Gasteiger partial charge in [0.1, 0.15) is 0 Å². The first-order valence-corrected chi connectivity index (χ1v) is 36.6. The Kier molecular flexibility index (Phi) is 68.9. The molecule has 0 saturated heterocycles. The fourth-order valence-corrected chi connectivity index (χ4v) is 11.2. The smallest absolute Gasteiger partial charge is 0.305 e. The van der Waals surface area contributed by atoms with Crippen LogP contribution in [0.15, 0.2) is 60.8 Å². The van der Waals surface area contributed by atoms with Gasteiger partial charge in [-0.1, -0.05) is 338 Å². The van der Waals surface area contributed by atoms with Crippen LogP contribution in [-0.2, 0) is 14.3 Å². The van der Waals surface area contributed by atoms with Gasteiger partial charge in [0.2, 0.25) is 5.91 Å². The quantitative estimate of drug-likeness (QED) is 0.0320. The highest BCUT2D eigenvalue weighted by Crippen LogP contribution is 2.18. The minimum Gasteiger partial charge on any atom is -0.466 e. The number of carbonyl (C=O) groups is 2. The summed E-state index contributed by atoms with van der Waals surface area (Å²) in [4.78, 5) is 24.6. The van der Waals surface area contributed by atoms with Gasteiger partial charge in [0.15, 0.2) is 0 Å². The minimum atomic E-state index is -0.849. The molecule has 0 aromatic carbocycles. The lowest BCUT2D eigenvalue weighted by molar-refractivity contribution is -0.143. The molecule has 0 bridgehead atoms. The van der Waals surface area contributed by atoms with Crippen LogP contribution in [0.2, 0.25) is 0 Å². The third-order valence-corrected chi connectivity index (χ3v) is 16.8. The first-order chi connectivity index (χ1) is 40.5. The lowest BCUT2D eigenvalue weighted by Gasteiger charge is -2.20. The van der Waals surface area contributed by atoms with Crippen molar-refractivity contribution < 1.29 is 24.5 Å². The molecule has 480 valence electrons. The number of hydrogen-bond acceptors (Lipinski definition) is 5. The molecule has 0 heterocycles. The summed E-state index contributed by atoms with van der Waals surface area (Å²) in [7, 11) is 0. The summed E-state index contributed by atoms with van der Waals surface area (Å²) in [6.07, 6.45) is 94.4. The summed E-state index contributed by atoms with van der Waals surface area (Å²) < 4.78 is 5.50. The van der Waals surface area contributed by atoms with Gasteiger partial charge in [-0.2, -0.15) is 0 Å². The Morgan fingerprint density at radius 2 is 0.610 bits per heavy atom. The van der Waals surface area contributed by atoms with Crippen molar-refractivity contribution in [3.8, 4) is 0 Å². The van der Waals surface area contributed by atoms with Crippen molar-refractivity contribution in [3.63, 3.8) is 0 Å². The highest BCUT2D eigenvalue weighted by atomic mass is 16.5. The average Bonchev–Trinajstić information content (AvgIpc) is 3.48. The number of unbranched alkanes of at least 4 members (excludes halogenated alkanes) is 49. The third-order valence-electron chi connectivity index (χ3n) is 16.8. The molecule has 0 rings (SSSR count). The van der Waals surface area contributed by atoms with E-state index in [1.165, 1.54) is 302 Å². The van der Waals surface area contributed by atoms with E-state index in [2.05, 4.69) is 67.8 Å². The predicted octanol–water partition coefficient (Wildman–Crippen LogP) is 23.8. The summed E-state index contributed by atoms with van der Waals surface area (Å²) in [6, 6.07) is -0.632. The minimum absolute atomic E-state index is 0.00652. The number of carbonyl (C=O) groups excluding carboxylic acids is 2. The van der Waals surface area contributed by atoms with Crippen LogP contribution in [0.3, 0.4) is 0 Å². The molecule has 0 spiro atoms. The molecule has 0 fully saturated rings. The van der Waals surface area contributed by atoms with Gasteiger partial charge in [0, 0.05) is 12.8 Å². The lowest BCUT2D eigenvalue weighted by atomic mass is 10.0. The van der Waals surface area contributed by atoms with Crippen LogP contribution in [0.5, 0.6) is 0 Å². The van der Waals surface area contributed by atoms with Gasteiger partial charge in [-0.15, -0.1) is 0 Å². The van der Waals surface area contributed by atoms with Crippen molar-refractivity contribution in [1.82, 2.24) is 5.32 Å². The highest BCUT2D eigenvalue weighted by Gasteiger charge is 2.18. The Morgan fingerprint density at radius 1 is 0.341 bits per heavy atom. The first-order valence-electron chi connectivity index (χ1n) is 36.6. The Bertz CT molecular complexity index is 1420. The van der Waals surface area contributed by atoms with Gasteiger partial charge in [0.25, 0.3) is 0 Å². The molecule has 6 nitrogen and oxygen atoms in total. The molecule has 82 heavy (non-hydrogen) atoms. The number of aliphatic hydroxyl groups is 2. The second kappa shape index (κ2) is 71.0. The van der Waals surface area contributed by atoms with Crippen LogP contribution in [0.1, 0.15) is 386 Å². The van der Waals surface area contributed by atoms with Crippen molar-refractivity contribution in [1.29, 1.82) is 0 Å². The molecule has 2 atom stereocenters. The van der Waals surface area contributed by atoms with Crippen LogP contribution in [0, 0.1) is 0 Å². The van der Waals surface area contributed by atoms with E-state index in [0.717, 1.165) is 57.8 Å². The van der Waals surface area contributed by atoms with Crippen molar-refractivity contribution in [2.75, 3.05) is 13.2 Å². The molecule has 0 aromatic rings.